The van der Waals surface area contributed by atoms with Crippen LogP contribution in [-0.4, -0.2) is 7.05 Å². The Bertz CT molecular complexity index is 9.61. The summed E-state index contributed by atoms with van der Waals surface area (Å²) < 4.78 is 0. The molecule has 0 fully saturated rings. The molecule has 0 aliphatic heterocycles. The summed E-state index contributed by atoms with van der Waals surface area (Å²) in [7, 11) is 1.50. The van der Waals surface area contributed by atoms with Gasteiger partial charge in [0.05, 0.1) is 0 Å². The molecule has 0 aromatic heterocycles. The maximum Gasteiger partial charge on any atom is 1.00 e. The minimum atomic E-state index is 0. The molecule has 0 unspecified atom stereocenters. The van der Waals surface area contributed by atoms with Crippen LogP contribution in [0.15, 0.2) is 0 Å². The van der Waals surface area contributed by atoms with E-state index in [0.717, 1.165) is 0 Å². The summed E-state index contributed by atoms with van der Waals surface area (Å²) in [6, 6.07) is 0. The first-order valence-electron chi connectivity index (χ1n) is 0.577. The molecule has 0 rings (SSSR count). The van der Waals surface area contributed by atoms with Gasteiger partial charge in [0.15, 0.2) is 0 Å². The van der Waals surface area contributed by atoms with Gasteiger partial charge in [0.25, 0.3) is 0 Å². The van der Waals surface area contributed by atoms with E-state index < -0.39 is 0 Å². The first-order chi connectivity index (χ1) is 1.00. The van der Waals surface area contributed by atoms with E-state index >= 15 is 0 Å². The monoisotopic (exact) mass is 71.1 g/mol. The third-order valence-electron chi connectivity index (χ3n) is 0. The molecule has 0 aromatic rings. The van der Waals surface area contributed by atoms with Crippen LogP contribution in [0, 0.1) is 0 Å². The molecule has 0 aliphatic carbocycles. The Morgan fingerprint density at radius 1 is 1.50 bits per heavy atom. The molecule has 0 amide bonds. The van der Waals surface area contributed by atoms with Crippen molar-refractivity contribution in [3.63, 3.8) is 0 Å². The second-order valence-electron chi connectivity index (χ2n) is 0. The molecule has 0 aliphatic rings. The predicted octanol–water partition coefficient (Wildman–Crippen LogP) is -2.67. The second-order valence-corrected chi connectivity index (χ2v) is 0. The average molecular weight is 71.1 g/mol. The third-order valence-corrected chi connectivity index (χ3v) is 0. The van der Waals surface area contributed by atoms with Crippen molar-refractivity contribution in [2.45, 2.75) is 7.43 Å². The van der Waals surface area contributed by atoms with Gasteiger partial charge in [-0.3, -0.25) is 0 Å². The number of hydrogen-bond donors (Lipinski definition) is 1. The summed E-state index contributed by atoms with van der Waals surface area (Å²) in [4.78, 5) is 0. The van der Waals surface area contributed by atoms with Crippen LogP contribution >= 0.6 is 0 Å². The Labute approximate surface area is 51.3 Å². The van der Waals surface area contributed by atoms with E-state index in [1.807, 2.05) is 0 Å². The van der Waals surface area contributed by atoms with Crippen molar-refractivity contribution in [1.82, 2.24) is 0 Å². The second kappa shape index (κ2) is 37.6. The van der Waals surface area contributed by atoms with E-state index in [4.69, 9.17) is 0 Å². The molecule has 0 atom stereocenters. The molecule has 24 valence electrons. The van der Waals surface area contributed by atoms with E-state index in [1.165, 1.54) is 7.05 Å². The SMILES string of the molecule is C.CN.[H-].[Na+]. The molecule has 0 bridgehead atoms. The van der Waals surface area contributed by atoms with E-state index in [-0.39, 0.29) is 38.4 Å². The largest absolute Gasteiger partial charge is 1.00 e. The number of nitrogens with two attached hydrogens (primary N) is 1. The summed E-state index contributed by atoms with van der Waals surface area (Å²) in [5, 5.41) is 0. The van der Waals surface area contributed by atoms with E-state index in [0.29, 0.717) is 0 Å². The van der Waals surface area contributed by atoms with Crippen molar-refractivity contribution < 1.29 is 31.0 Å². The Kier molecular flexibility index (Phi) is 191. The summed E-state index contributed by atoms with van der Waals surface area (Å²) >= 11 is 0. The standard InChI is InChI=1S/CH5N.CH4.Na.H/c1-2;;;/h2H2,1H3;1H4;;/q;;+1;-1. The molecule has 2 N–H and O–H groups in total. The molecule has 0 saturated carbocycles. The first kappa shape index (κ1) is 20.2. The van der Waals surface area contributed by atoms with E-state index in [9.17, 15) is 0 Å². The zero-order valence-corrected chi connectivity index (χ0v) is 4.58. The molecular weight excluding hydrogens is 61.0 g/mol. The first-order valence-corrected chi connectivity index (χ1v) is 0.577. The zero-order chi connectivity index (χ0) is 2.00. The summed E-state index contributed by atoms with van der Waals surface area (Å²) in [6.07, 6.45) is 0. The van der Waals surface area contributed by atoms with Gasteiger partial charge in [-0.25, -0.2) is 0 Å². The van der Waals surface area contributed by atoms with E-state index in [1.54, 1.807) is 0 Å². The van der Waals surface area contributed by atoms with Crippen LogP contribution in [0.5, 0.6) is 0 Å². The van der Waals surface area contributed by atoms with Crippen molar-refractivity contribution in [2.75, 3.05) is 7.05 Å². The van der Waals surface area contributed by atoms with Gasteiger partial charge in [-0.05, 0) is 7.05 Å². The minimum Gasteiger partial charge on any atom is -1.00 e. The van der Waals surface area contributed by atoms with Gasteiger partial charge < -0.3 is 7.16 Å². The summed E-state index contributed by atoms with van der Waals surface area (Å²) in [6.45, 7) is 0. The Morgan fingerprint density at radius 3 is 1.50 bits per heavy atom. The molecule has 0 radical (unpaired) electrons. The normalized spacial score (nSPS) is 1.50. The molecule has 1 nitrogen and oxygen atoms in total. The van der Waals surface area contributed by atoms with Crippen LogP contribution < -0.4 is 35.3 Å². The van der Waals surface area contributed by atoms with Crippen LogP contribution in [0.4, 0.5) is 0 Å². The van der Waals surface area contributed by atoms with Crippen molar-refractivity contribution >= 4 is 0 Å². The Balaban J connectivity index is -0.00000000167. The topological polar surface area (TPSA) is 26.0 Å². The molecule has 0 heterocycles. The van der Waals surface area contributed by atoms with Gasteiger partial charge in [-0.2, -0.15) is 0 Å². The molecular formula is C2H10NNa. The van der Waals surface area contributed by atoms with Crippen LogP contribution in [0.1, 0.15) is 8.85 Å². The fourth-order valence-electron chi connectivity index (χ4n) is 0. The van der Waals surface area contributed by atoms with Crippen molar-refractivity contribution in [1.29, 1.82) is 0 Å². The fraction of sp³-hybridized carbons (Fsp3) is 1.00. The van der Waals surface area contributed by atoms with Gasteiger partial charge in [0.2, 0.25) is 0 Å². The fourth-order valence-corrected chi connectivity index (χ4v) is 0. The Hall–Kier alpha value is 0.960. The van der Waals surface area contributed by atoms with Crippen LogP contribution in [-0.2, 0) is 0 Å². The van der Waals surface area contributed by atoms with Gasteiger partial charge in [0, 0.05) is 0 Å². The summed E-state index contributed by atoms with van der Waals surface area (Å²) in [5.74, 6) is 0. The molecule has 0 saturated heterocycles. The van der Waals surface area contributed by atoms with Gasteiger partial charge in [0.1, 0.15) is 0 Å². The zero-order valence-electron chi connectivity index (χ0n) is 3.58. The van der Waals surface area contributed by atoms with Crippen molar-refractivity contribution in [2.24, 2.45) is 5.73 Å². The predicted molar refractivity (Wildman–Crippen MR) is 18.0 cm³/mol. The van der Waals surface area contributed by atoms with Gasteiger partial charge >= 0.3 is 29.6 Å². The molecule has 4 heavy (non-hydrogen) atoms. The maximum atomic E-state index is 4.50. The average Bonchev–Trinajstić information content (AvgIpc) is 1.00. The smallest absolute Gasteiger partial charge is 1.00 e. The van der Waals surface area contributed by atoms with Crippen LogP contribution in [0.25, 0.3) is 0 Å². The third kappa shape index (κ3) is 12.3. The number of hydrogen-bond acceptors (Lipinski definition) is 1. The van der Waals surface area contributed by atoms with Gasteiger partial charge in [-0.15, -0.1) is 0 Å². The molecule has 2 heteroatoms. The van der Waals surface area contributed by atoms with Gasteiger partial charge in [-0.1, -0.05) is 7.43 Å². The maximum absolute atomic E-state index is 4.50. The Morgan fingerprint density at radius 2 is 1.50 bits per heavy atom. The van der Waals surface area contributed by atoms with E-state index in [2.05, 4.69) is 5.73 Å². The molecule has 0 spiro atoms. The van der Waals surface area contributed by atoms with Crippen molar-refractivity contribution in [3.05, 3.63) is 0 Å². The minimum absolute atomic E-state index is 0. The van der Waals surface area contributed by atoms with Crippen LogP contribution in [0.2, 0.25) is 0 Å². The quantitative estimate of drug-likeness (QED) is 0.310. The van der Waals surface area contributed by atoms with Crippen molar-refractivity contribution in [3.8, 4) is 0 Å². The molecule has 0 aromatic carbocycles. The van der Waals surface area contributed by atoms with Crippen LogP contribution in [0.3, 0.4) is 0 Å². The summed E-state index contributed by atoms with van der Waals surface area (Å²) in [5.41, 5.74) is 4.50. The number of rotatable bonds is 0.